The average Bonchev–Trinajstić information content (AvgIpc) is 3.07. The van der Waals surface area contributed by atoms with Crippen molar-refractivity contribution in [3.05, 3.63) is 60.3 Å². The van der Waals surface area contributed by atoms with Crippen LogP contribution in [-0.2, 0) is 11.3 Å². The maximum absolute atomic E-state index is 11.7. The van der Waals surface area contributed by atoms with Crippen molar-refractivity contribution in [3.8, 4) is 0 Å². The summed E-state index contributed by atoms with van der Waals surface area (Å²) in [6, 6.07) is 10.9. The fourth-order valence-electron chi connectivity index (χ4n) is 1.80. The molecule has 0 amide bonds. The molecule has 116 valence electrons. The first-order valence-corrected chi connectivity index (χ1v) is 6.72. The van der Waals surface area contributed by atoms with Crippen LogP contribution in [0.1, 0.15) is 16.2 Å². The Balaban J connectivity index is 1.69. The largest absolute Gasteiger partial charge is 0.472 e. The molecule has 0 aliphatic rings. The third kappa shape index (κ3) is 3.82. The average molecular weight is 311 g/mol. The number of para-hydroxylation sites is 1. The van der Waals surface area contributed by atoms with Crippen molar-refractivity contribution < 1.29 is 13.9 Å². The predicted molar refractivity (Wildman–Crippen MR) is 81.8 cm³/mol. The molecule has 23 heavy (non-hydrogen) atoms. The molecule has 3 rings (SSSR count). The van der Waals surface area contributed by atoms with Crippen LogP contribution in [0.3, 0.4) is 0 Å². The van der Waals surface area contributed by atoms with Gasteiger partial charge in [-0.05, 0) is 18.2 Å². The molecule has 3 aromatic rings. The number of nitrogen functional groups attached to an aromatic ring is 1. The fourth-order valence-corrected chi connectivity index (χ4v) is 1.80. The molecule has 0 atom stereocenters. The molecular formula is C15H13N5O3. The molecule has 8 nitrogen and oxygen atoms in total. The van der Waals surface area contributed by atoms with Gasteiger partial charge >= 0.3 is 5.97 Å². The number of nitrogens with one attached hydrogen (secondary N) is 1. The monoisotopic (exact) mass is 311 g/mol. The van der Waals surface area contributed by atoms with E-state index in [1.165, 1.54) is 18.6 Å². The van der Waals surface area contributed by atoms with Crippen molar-refractivity contribution in [2.75, 3.05) is 11.1 Å². The number of hydrogen-bond acceptors (Lipinski definition) is 8. The molecular weight excluding hydrogens is 298 g/mol. The number of ether oxygens (including phenoxy) is 1. The van der Waals surface area contributed by atoms with Crippen LogP contribution in [0.15, 0.2) is 53.3 Å². The first-order valence-electron chi connectivity index (χ1n) is 6.72. The summed E-state index contributed by atoms with van der Waals surface area (Å²) in [6.45, 7) is -0.125. The van der Waals surface area contributed by atoms with E-state index in [4.69, 9.17) is 14.9 Å². The highest BCUT2D eigenvalue weighted by Crippen LogP contribution is 2.13. The van der Waals surface area contributed by atoms with Crippen LogP contribution in [0.4, 0.5) is 17.6 Å². The fraction of sp³-hybridized carbons (Fsp3) is 0.0667. The van der Waals surface area contributed by atoms with Gasteiger partial charge in [0.1, 0.15) is 6.26 Å². The number of anilines is 3. The number of nitrogens with two attached hydrogens (primary N) is 1. The van der Waals surface area contributed by atoms with Gasteiger partial charge in [0.2, 0.25) is 11.9 Å². The van der Waals surface area contributed by atoms with E-state index in [1.807, 2.05) is 30.3 Å². The Morgan fingerprint density at radius 2 is 2.00 bits per heavy atom. The van der Waals surface area contributed by atoms with Gasteiger partial charge in [0, 0.05) is 5.69 Å². The number of furan rings is 1. The van der Waals surface area contributed by atoms with E-state index in [0.717, 1.165) is 5.69 Å². The Morgan fingerprint density at radius 1 is 1.17 bits per heavy atom. The summed E-state index contributed by atoms with van der Waals surface area (Å²) in [4.78, 5) is 23.8. The van der Waals surface area contributed by atoms with Gasteiger partial charge in [0.25, 0.3) is 0 Å². The lowest BCUT2D eigenvalue weighted by Gasteiger charge is -2.07. The Bertz CT molecular complexity index is 790. The number of hydrogen-bond donors (Lipinski definition) is 2. The molecule has 0 saturated heterocycles. The Hall–Kier alpha value is -3.42. The van der Waals surface area contributed by atoms with Gasteiger partial charge in [-0.1, -0.05) is 18.2 Å². The van der Waals surface area contributed by atoms with Gasteiger partial charge in [0.05, 0.1) is 11.8 Å². The van der Waals surface area contributed by atoms with Crippen molar-refractivity contribution in [3.63, 3.8) is 0 Å². The Kier molecular flexibility index (Phi) is 4.14. The number of esters is 1. The van der Waals surface area contributed by atoms with E-state index >= 15 is 0 Å². The van der Waals surface area contributed by atoms with E-state index in [9.17, 15) is 4.79 Å². The molecule has 2 heterocycles. The molecule has 0 fully saturated rings. The van der Waals surface area contributed by atoms with Crippen LogP contribution in [0.5, 0.6) is 0 Å². The second kappa shape index (κ2) is 6.56. The molecule has 0 spiro atoms. The highest BCUT2D eigenvalue weighted by molar-refractivity contribution is 5.88. The second-order valence-corrected chi connectivity index (χ2v) is 4.51. The lowest BCUT2D eigenvalue weighted by Crippen LogP contribution is -2.10. The van der Waals surface area contributed by atoms with Crippen molar-refractivity contribution in [1.82, 2.24) is 15.0 Å². The van der Waals surface area contributed by atoms with Gasteiger partial charge in [-0.25, -0.2) is 4.79 Å². The van der Waals surface area contributed by atoms with E-state index in [2.05, 4.69) is 20.3 Å². The van der Waals surface area contributed by atoms with Crippen molar-refractivity contribution in [2.45, 2.75) is 6.61 Å². The normalized spacial score (nSPS) is 10.3. The molecule has 0 unspecified atom stereocenters. The number of benzene rings is 1. The van der Waals surface area contributed by atoms with Crippen LogP contribution in [-0.4, -0.2) is 20.9 Å². The summed E-state index contributed by atoms with van der Waals surface area (Å²) in [5.41, 5.74) is 6.78. The van der Waals surface area contributed by atoms with E-state index in [1.54, 1.807) is 0 Å². The Morgan fingerprint density at radius 3 is 2.74 bits per heavy atom. The molecule has 1 aromatic carbocycles. The van der Waals surface area contributed by atoms with Crippen LogP contribution in [0, 0.1) is 0 Å². The third-order valence-electron chi connectivity index (χ3n) is 2.82. The maximum atomic E-state index is 11.7. The van der Waals surface area contributed by atoms with Crippen LogP contribution in [0.2, 0.25) is 0 Å². The van der Waals surface area contributed by atoms with Crippen molar-refractivity contribution in [1.29, 1.82) is 0 Å². The van der Waals surface area contributed by atoms with E-state index in [0.29, 0.717) is 5.56 Å². The smallest absolute Gasteiger partial charge is 0.341 e. The quantitative estimate of drug-likeness (QED) is 0.688. The Labute approximate surface area is 131 Å². The number of carbonyl (C=O) groups is 1. The molecule has 0 aliphatic heterocycles. The zero-order valence-electron chi connectivity index (χ0n) is 12.0. The lowest BCUT2D eigenvalue weighted by molar-refractivity contribution is 0.0461. The SMILES string of the molecule is Nc1nc(COC(=O)c2ccoc2)nc(Nc2ccccc2)n1. The summed E-state index contributed by atoms with van der Waals surface area (Å²) < 4.78 is 9.92. The first kappa shape index (κ1) is 14.5. The minimum Gasteiger partial charge on any atom is -0.472 e. The lowest BCUT2D eigenvalue weighted by atomic mass is 10.3. The zero-order valence-corrected chi connectivity index (χ0v) is 12.0. The zero-order chi connectivity index (χ0) is 16.1. The standard InChI is InChI=1S/C15H13N5O3/c16-14-18-12(9-23-13(21)10-6-7-22-8-10)19-15(20-14)17-11-4-2-1-3-5-11/h1-8H,9H2,(H3,16,17,18,19,20). The van der Waals surface area contributed by atoms with Gasteiger partial charge in [-0.3, -0.25) is 0 Å². The van der Waals surface area contributed by atoms with Gasteiger partial charge < -0.3 is 20.2 Å². The number of rotatable bonds is 5. The highest BCUT2D eigenvalue weighted by atomic mass is 16.5. The number of nitrogens with zero attached hydrogens (tertiary/aromatic N) is 3. The predicted octanol–water partition coefficient (Wildman–Crippen LogP) is 2.15. The summed E-state index contributed by atoms with van der Waals surface area (Å²) >= 11 is 0. The molecule has 2 aromatic heterocycles. The van der Waals surface area contributed by atoms with Gasteiger partial charge in [0.15, 0.2) is 12.4 Å². The summed E-state index contributed by atoms with van der Waals surface area (Å²) in [5.74, 6) is 0.0222. The number of carbonyl (C=O) groups excluding carboxylic acids is 1. The minimum absolute atomic E-state index is 0.0350. The number of aromatic nitrogens is 3. The second-order valence-electron chi connectivity index (χ2n) is 4.51. The van der Waals surface area contributed by atoms with Gasteiger partial charge in [-0.2, -0.15) is 15.0 Å². The van der Waals surface area contributed by atoms with Gasteiger partial charge in [-0.15, -0.1) is 0 Å². The molecule has 0 aliphatic carbocycles. The minimum atomic E-state index is -0.532. The summed E-state index contributed by atoms with van der Waals surface area (Å²) in [5, 5.41) is 3.00. The molecule has 0 bridgehead atoms. The summed E-state index contributed by atoms with van der Waals surface area (Å²) in [6.07, 6.45) is 2.69. The van der Waals surface area contributed by atoms with E-state index in [-0.39, 0.29) is 24.3 Å². The van der Waals surface area contributed by atoms with Crippen molar-refractivity contribution in [2.24, 2.45) is 0 Å². The molecule has 3 N–H and O–H groups in total. The maximum Gasteiger partial charge on any atom is 0.341 e. The van der Waals surface area contributed by atoms with Crippen molar-refractivity contribution >= 4 is 23.6 Å². The van der Waals surface area contributed by atoms with Crippen LogP contribution < -0.4 is 11.1 Å². The molecule has 8 heteroatoms. The van der Waals surface area contributed by atoms with Crippen LogP contribution >= 0.6 is 0 Å². The summed E-state index contributed by atoms with van der Waals surface area (Å²) in [7, 11) is 0. The first-order chi connectivity index (χ1) is 11.2. The van der Waals surface area contributed by atoms with E-state index < -0.39 is 5.97 Å². The molecule has 0 saturated carbocycles. The highest BCUT2D eigenvalue weighted by Gasteiger charge is 2.11. The topological polar surface area (TPSA) is 116 Å². The van der Waals surface area contributed by atoms with Crippen LogP contribution in [0.25, 0.3) is 0 Å². The third-order valence-corrected chi connectivity index (χ3v) is 2.82. The molecule has 0 radical (unpaired) electrons.